The number of carbonyl (C=O) groups is 2. The van der Waals surface area contributed by atoms with Crippen LogP contribution in [0.2, 0.25) is 0 Å². The van der Waals surface area contributed by atoms with Crippen LogP contribution in [0.5, 0.6) is 5.75 Å². The number of benzene rings is 1. The molecule has 7 heteroatoms. The third-order valence-corrected chi connectivity index (χ3v) is 3.55. The molecule has 1 aromatic rings. The van der Waals surface area contributed by atoms with E-state index in [-0.39, 0.29) is 30.8 Å². The second-order valence-corrected chi connectivity index (χ2v) is 5.33. The number of amides is 2. The van der Waals surface area contributed by atoms with Gasteiger partial charge in [-0.3, -0.25) is 9.59 Å². The maximum atomic E-state index is 12.1. The van der Waals surface area contributed by atoms with Crippen molar-refractivity contribution in [3.05, 3.63) is 29.8 Å². The molecule has 0 aromatic heterocycles. The summed E-state index contributed by atoms with van der Waals surface area (Å²) in [6, 6.07) is 7.17. The molecule has 1 atom stereocenters. The van der Waals surface area contributed by atoms with Crippen LogP contribution in [0.1, 0.15) is 24.2 Å². The number of halogens is 1. The van der Waals surface area contributed by atoms with Gasteiger partial charge in [-0.05, 0) is 38.1 Å². The Bertz CT molecular complexity index is 522. The van der Waals surface area contributed by atoms with Crippen LogP contribution in [0, 0.1) is 0 Å². The van der Waals surface area contributed by atoms with Crippen molar-refractivity contribution >= 4 is 24.2 Å². The van der Waals surface area contributed by atoms with Gasteiger partial charge in [-0.25, -0.2) is 0 Å². The first-order valence-electron chi connectivity index (χ1n) is 7.62. The molecule has 1 aliphatic heterocycles. The van der Waals surface area contributed by atoms with Crippen molar-refractivity contribution in [1.29, 1.82) is 0 Å². The lowest BCUT2D eigenvalue weighted by molar-refractivity contribution is -0.131. The molecule has 2 amide bonds. The third-order valence-electron chi connectivity index (χ3n) is 3.55. The van der Waals surface area contributed by atoms with Crippen LogP contribution in [0.4, 0.5) is 0 Å². The van der Waals surface area contributed by atoms with Gasteiger partial charge in [-0.1, -0.05) is 0 Å². The molecule has 1 fully saturated rings. The van der Waals surface area contributed by atoms with Gasteiger partial charge in [0.15, 0.2) is 0 Å². The maximum Gasteiger partial charge on any atom is 0.251 e. The molecule has 128 valence electrons. The highest BCUT2D eigenvalue weighted by molar-refractivity contribution is 5.96. The summed E-state index contributed by atoms with van der Waals surface area (Å²) in [5, 5.41) is 5.95. The van der Waals surface area contributed by atoms with E-state index in [0.29, 0.717) is 31.3 Å². The topological polar surface area (TPSA) is 70.7 Å². The summed E-state index contributed by atoms with van der Waals surface area (Å²) in [5.74, 6) is 0.428. The van der Waals surface area contributed by atoms with Crippen LogP contribution in [-0.2, 0) is 4.79 Å². The normalized spacial score (nSPS) is 17.1. The summed E-state index contributed by atoms with van der Waals surface area (Å²) in [4.78, 5) is 25.9. The first-order valence-corrected chi connectivity index (χ1v) is 7.62. The van der Waals surface area contributed by atoms with E-state index in [1.54, 1.807) is 29.2 Å². The summed E-state index contributed by atoms with van der Waals surface area (Å²) in [6.07, 6.45) is 0. The fraction of sp³-hybridized carbons (Fsp3) is 0.500. The lowest BCUT2D eigenvalue weighted by atomic mass is 10.2. The van der Waals surface area contributed by atoms with Crippen LogP contribution in [-0.4, -0.2) is 55.5 Å². The minimum Gasteiger partial charge on any atom is -0.494 e. The third kappa shape index (κ3) is 5.73. The average molecular weight is 342 g/mol. The first kappa shape index (κ1) is 19.3. The fourth-order valence-electron chi connectivity index (χ4n) is 2.40. The highest BCUT2D eigenvalue weighted by atomic mass is 35.5. The number of nitrogens with zero attached hydrogens (tertiary/aromatic N) is 1. The summed E-state index contributed by atoms with van der Waals surface area (Å²) < 4.78 is 5.33. The maximum absolute atomic E-state index is 12.1. The van der Waals surface area contributed by atoms with E-state index in [9.17, 15) is 9.59 Å². The minimum absolute atomic E-state index is 0. The lowest BCUT2D eigenvalue weighted by Gasteiger charge is -2.31. The monoisotopic (exact) mass is 341 g/mol. The Kier molecular flexibility index (Phi) is 7.85. The van der Waals surface area contributed by atoms with Crippen LogP contribution < -0.4 is 15.4 Å². The van der Waals surface area contributed by atoms with Gasteiger partial charge in [0.2, 0.25) is 5.91 Å². The average Bonchev–Trinajstić information content (AvgIpc) is 2.53. The minimum atomic E-state index is -0.250. The molecule has 2 N–H and O–H groups in total. The second-order valence-electron chi connectivity index (χ2n) is 5.33. The van der Waals surface area contributed by atoms with Gasteiger partial charge < -0.3 is 20.3 Å². The van der Waals surface area contributed by atoms with E-state index in [1.165, 1.54) is 0 Å². The molecule has 0 bridgehead atoms. The molecular weight excluding hydrogens is 318 g/mol. The van der Waals surface area contributed by atoms with Crippen LogP contribution in [0.3, 0.4) is 0 Å². The van der Waals surface area contributed by atoms with Crippen molar-refractivity contribution in [2.45, 2.75) is 19.9 Å². The molecular formula is C16H24ClN3O3. The quantitative estimate of drug-likeness (QED) is 0.840. The molecule has 6 nitrogen and oxygen atoms in total. The second kappa shape index (κ2) is 9.37. The van der Waals surface area contributed by atoms with Crippen molar-refractivity contribution in [3.8, 4) is 5.75 Å². The number of nitrogens with one attached hydrogen (secondary N) is 2. The van der Waals surface area contributed by atoms with Gasteiger partial charge in [-0.2, -0.15) is 0 Å². The van der Waals surface area contributed by atoms with Gasteiger partial charge in [-0.15, -0.1) is 12.4 Å². The molecule has 0 radical (unpaired) electrons. The highest BCUT2D eigenvalue weighted by Gasteiger charge is 2.20. The molecule has 1 aliphatic rings. The molecule has 0 spiro atoms. The number of ether oxygens (including phenoxy) is 1. The first-order chi connectivity index (χ1) is 10.6. The van der Waals surface area contributed by atoms with Gasteiger partial charge in [0.25, 0.3) is 5.91 Å². The Morgan fingerprint density at radius 2 is 2.04 bits per heavy atom. The van der Waals surface area contributed by atoms with Crippen LogP contribution in [0.15, 0.2) is 24.3 Å². The van der Waals surface area contributed by atoms with E-state index >= 15 is 0 Å². The summed E-state index contributed by atoms with van der Waals surface area (Å²) in [6.45, 7) is 6.71. The van der Waals surface area contributed by atoms with Gasteiger partial charge >= 0.3 is 0 Å². The standard InChI is InChI=1S/C16H23N3O3.ClH/c1-3-22-14-6-4-13(5-7-14)16(21)18-10-15(20)19-9-8-17-12(2)11-19;/h4-7,12,17H,3,8-11H2,1-2H3,(H,18,21);1H/t12-;/m1./s1. The SMILES string of the molecule is CCOc1ccc(C(=O)NCC(=O)N2CCN[C@H](C)C2)cc1.Cl. The van der Waals surface area contributed by atoms with E-state index < -0.39 is 0 Å². The van der Waals surface area contributed by atoms with E-state index in [2.05, 4.69) is 10.6 Å². The van der Waals surface area contributed by atoms with Crippen LogP contribution >= 0.6 is 12.4 Å². The predicted molar refractivity (Wildman–Crippen MR) is 91.2 cm³/mol. The van der Waals surface area contributed by atoms with Crippen LogP contribution in [0.25, 0.3) is 0 Å². The van der Waals surface area contributed by atoms with Gasteiger partial charge in [0, 0.05) is 31.2 Å². The molecule has 0 saturated carbocycles. The van der Waals surface area contributed by atoms with Gasteiger partial charge in [0.05, 0.1) is 13.2 Å². The molecule has 1 saturated heterocycles. The van der Waals surface area contributed by atoms with Crippen molar-refractivity contribution in [1.82, 2.24) is 15.5 Å². The van der Waals surface area contributed by atoms with E-state index in [1.807, 2.05) is 13.8 Å². The Morgan fingerprint density at radius 1 is 1.35 bits per heavy atom. The Morgan fingerprint density at radius 3 is 2.65 bits per heavy atom. The summed E-state index contributed by atoms with van der Waals surface area (Å²) in [7, 11) is 0. The Balaban J connectivity index is 0.00000264. The molecule has 2 rings (SSSR count). The smallest absolute Gasteiger partial charge is 0.251 e. The number of piperazine rings is 1. The zero-order chi connectivity index (χ0) is 15.9. The molecule has 23 heavy (non-hydrogen) atoms. The number of hydrogen-bond donors (Lipinski definition) is 2. The largest absolute Gasteiger partial charge is 0.494 e. The van der Waals surface area contributed by atoms with Gasteiger partial charge in [0.1, 0.15) is 5.75 Å². The number of carbonyl (C=O) groups excluding carboxylic acids is 2. The molecule has 0 aliphatic carbocycles. The van der Waals surface area contributed by atoms with Crippen molar-refractivity contribution in [3.63, 3.8) is 0 Å². The Hall–Kier alpha value is -1.79. The Labute approximate surface area is 143 Å². The molecule has 0 unspecified atom stereocenters. The van der Waals surface area contributed by atoms with Crippen molar-refractivity contribution in [2.24, 2.45) is 0 Å². The number of hydrogen-bond acceptors (Lipinski definition) is 4. The number of rotatable bonds is 5. The lowest BCUT2D eigenvalue weighted by Crippen LogP contribution is -2.53. The predicted octanol–water partition coefficient (Wildman–Crippen LogP) is 1.06. The fourth-order valence-corrected chi connectivity index (χ4v) is 2.40. The summed E-state index contributed by atoms with van der Waals surface area (Å²) >= 11 is 0. The molecule has 1 heterocycles. The van der Waals surface area contributed by atoms with Crippen molar-refractivity contribution < 1.29 is 14.3 Å². The van der Waals surface area contributed by atoms with E-state index in [4.69, 9.17) is 4.74 Å². The van der Waals surface area contributed by atoms with E-state index in [0.717, 1.165) is 12.3 Å². The zero-order valence-electron chi connectivity index (χ0n) is 13.5. The highest BCUT2D eigenvalue weighted by Crippen LogP contribution is 2.11. The van der Waals surface area contributed by atoms with Crippen molar-refractivity contribution in [2.75, 3.05) is 32.8 Å². The molecule has 1 aromatic carbocycles. The summed E-state index contributed by atoms with van der Waals surface area (Å²) in [5.41, 5.74) is 0.518. The zero-order valence-corrected chi connectivity index (χ0v) is 14.3.